The molecule has 0 saturated carbocycles. The number of nitrogens with zero attached hydrogens (tertiary/aromatic N) is 2. The van der Waals surface area contributed by atoms with Gasteiger partial charge in [-0.1, -0.05) is 22.9 Å². The highest BCUT2D eigenvalue weighted by Gasteiger charge is 2.33. The van der Waals surface area contributed by atoms with Crippen LogP contribution in [-0.2, 0) is 14.8 Å². The Hall–Kier alpha value is -0.210. The fraction of sp³-hybridized carbons (Fsp3) is 0.727. The van der Waals surface area contributed by atoms with Crippen molar-refractivity contribution in [2.75, 3.05) is 26.8 Å². The number of methoxy groups -OCH3 is 1. The van der Waals surface area contributed by atoms with Crippen LogP contribution in [0.15, 0.2) is 4.21 Å². The molecule has 1 aliphatic heterocycles. The van der Waals surface area contributed by atoms with E-state index in [1.807, 2.05) is 0 Å². The van der Waals surface area contributed by atoms with Gasteiger partial charge in [0.15, 0.2) is 8.68 Å². The fourth-order valence-electron chi connectivity index (χ4n) is 2.32. The second kappa shape index (κ2) is 6.05. The molecule has 0 aromatic carbocycles. The van der Waals surface area contributed by atoms with Gasteiger partial charge in [0.25, 0.3) is 10.0 Å². The first-order chi connectivity index (χ1) is 8.95. The maximum atomic E-state index is 12.6. The average Bonchev–Trinajstić information content (AvgIpc) is 2.70. The zero-order valence-corrected chi connectivity index (χ0v) is 13.3. The maximum Gasteiger partial charge on any atom is 0.254 e. The third-order valence-corrected chi connectivity index (χ3v) is 6.90. The van der Waals surface area contributed by atoms with E-state index >= 15 is 0 Å². The van der Waals surface area contributed by atoms with Crippen LogP contribution in [0.3, 0.4) is 0 Å². The highest BCUT2D eigenvalue weighted by molar-refractivity contribution is 7.91. The van der Waals surface area contributed by atoms with Crippen LogP contribution in [0.1, 0.15) is 18.5 Å². The molecule has 2 heterocycles. The lowest BCUT2D eigenvalue weighted by atomic mass is 10.0. The zero-order chi connectivity index (χ0) is 14.0. The molecule has 0 radical (unpaired) electrons. The van der Waals surface area contributed by atoms with Crippen LogP contribution in [0.5, 0.6) is 0 Å². The lowest BCUT2D eigenvalue weighted by Gasteiger charge is -2.31. The summed E-state index contributed by atoms with van der Waals surface area (Å²) in [5.41, 5.74) is 0.476. The van der Waals surface area contributed by atoms with E-state index in [9.17, 15) is 8.42 Å². The zero-order valence-electron chi connectivity index (χ0n) is 10.9. The van der Waals surface area contributed by atoms with E-state index in [1.165, 1.54) is 4.31 Å². The molecule has 1 aromatic rings. The highest BCUT2D eigenvalue weighted by Crippen LogP contribution is 2.31. The van der Waals surface area contributed by atoms with Gasteiger partial charge in [-0.15, -0.1) is 0 Å². The molecule has 19 heavy (non-hydrogen) atoms. The van der Waals surface area contributed by atoms with E-state index < -0.39 is 10.0 Å². The van der Waals surface area contributed by atoms with Crippen LogP contribution < -0.4 is 0 Å². The summed E-state index contributed by atoms with van der Waals surface area (Å²) in [7, 11) is -1.83. The largest absolute Gasteiger partial charge is 0.384 e. The molecule has 0 aliphatic carbocycles. The minimum Gasteiger partial charge on any atom is -0.384 e. The quantitative estimate of drug-likeness (QED) is 0.851. The lowest BCUT2D eigenvalue weighted by molar-refractivity contribution is 0.118. The summed E-state index contributed by atoms with van der Waals surface area (Å²) in [6.07, 6.45) is 1.86. The van der Waals surface area contributed by atoms with Gasteiger partial charge in [0.1, 0.15) is 0 Å². The fourth-order valence-corrected chi connectivity index (χ4v) is 5.75. The summed E-state index contributed by atoms with van der Waals surface area (Å²) in [4.78, 5) is 3.98. The summed E-state index contributed by atoms with van der Waals surface area (Å²) >= 11 is 6.82. The van der Waals surface area contributed by atoms with E-state index in [0.717, 1.165) is 24.2 Å². The number of ether oxygens (including phenoxy) is 1. The van der Waals surface area contributed by atoms with Gasteiger partial charge in [-0.3, -0.25) is 0 Å². The first kappa shape index (κ1) is 15.2. The number of aromatic nitrogens is 1. The van der Waals surface area contributed by atoms with Crippen molar-refractivity contribution in [2.45, 2.75) is 24.0 Å². The Morgan fingerprint density at radius 1 is 1.58 bits per heavy atom. The van der Waals surface area contributed by atoms with Crippen LogP contribution in [0.25, 0.3) is 0 Å². The molecule has 1 unspecified atom stereocenters. The third kappa shape index (κ3) is 3.28. The molecule has 8 heteroatoms. The summed E-state index contributed by atoms with van der Waals surface area (Å²) < 4.78 is 32.3. The van der Waals surface area contributed by atoms with Crippen molar-refractivity contribution in [2.24, 2.45) is 5.92 Å². The van der Waals surface area contributed by atoms with Crippen LogP contribution in [0.2, 0.25) is 4.47 Å². The van der Waals surface area contributed by atoms with E-state index in [1.54, 1.807) is 14.0 Å². The number of piperidine rings is 1. The Morgan fingerprint density at radius 2 is 2.32 bits per heavy atom. The summed E-state index contributed by atoms with van der Waals surface area (Å²) in [5, 5.41) is 0. The lowest BCUT2D eigenvalue weighted by Crippen LogP contribution is -2.41. The first-order valence-corrected chi connectivity index (χ1v) is 8.70. The first-order valence-electron chi connectivity index (χ1n) is 6.07. The Bertz CT molecular complexity index is 542. The van der Waals surface area contributed by atoms with Crippen molar-refractivity contribution in [3.05, 3.63) is 10.2 Å². The summed E-state index contributed by atoms with van der Waals surface area (Å²) in [5.74, 6) is 0.261. The van der Waals surface area contributed by atoms with Crippen molar-refractivity contribution in [3.63, 3.8) is 0 Å². The second-order valence-electron chi connectivity index (χ2n) is 4.67. The van der Waals surface area contributed by atoms with E-state index in [-0.39, 0.29) is 14.6 Å². The SMILES string of the molecule is COCC1CCCN(S(=O)(=O)c2sc(Cl)nc2C)C1. The normalized spacial score (nSPS) is 21.7. The van der Waals surface area contributed by atoms with Gasteiger partial charge < -0.3 is 4.74 Å². The van der Waals surface area contributed by atoms with Gasteiger partial charge in [-0.2, -0.15) is 4.31 Å². The van der Waals surface area contributed by atoms with Gasteiger partial charge in [-0.25, -0.2) is 13.4 Å². The van der Waals surface area contributed by atoms with Crippen molar-refractivity contribution in [1.29, 1.82) is 0 Å². The van der Waals surface area contributed by atoms with Crippen molar-refractivity contribution < 1.29 is 13.2 Å². The molecule has 1 fully saturated rings. The van der Waals surface area contributed by atoms with Gasteiger partial charge in [0.05, 0.1) is 12.3 Å². The van der Waals surface area contributed by atoms with E-state index in [2.05, 4.69) is 4.98 Å². The second-order valence-corrected chi connectivity index (χ2v) is 8.38. The van der Waals surface area contributed by atoms with Gasteiger partial charge in [0, 0.05) is 20.2 Å². The molecule has 0 amide bonds. The van der Waals surface area contributed by atoms with Crippen LogP contribution in [0.4, 0.5) is 0 Å². The number of aryl methyl sites for hydroxylation is 1. The molecule has 0 N–H and O–H groups in total. The molecule has 0 bridgehead atoms. The number of hydrogen-bond donors (Lipinski definition) is 0. The molecule has 2 rings (SSSR count). The molecular weight excluding hydrogens is 308 g/mol. The van der Waals surface area contributed by atoms with Gasteiger partial charge in [0.2, 0.25) is 0 Å². The Balaban J connectivity index is 2.22. The molecule has 5 nitrogen and oxygen atoms in total. The van der Waals surface area contributed by atoms with Crippen LogP contribution in [0, 0.1) is 12.8 Å². The average molecular weight is 325 g/mol. The van der Waals surface area contributed by atoms with Crippen molar-refractivity contribution >= 4 is 33.0 Å². The number of sulfonamides is 1. The Morgan fingerprint density at radius 3 is 2.89 bits per heavy atom. The molecule has 0 spiro atoms. The molecule has 1 saturated heterocycles. The number of halogens is 1. The third-order valence-electron chi connectivity index (χ3n) is 3.19. The predicted molar refractivity (Wildman–Crippen MR) is 75.2 cm³/mol. The number of thiazole rings is 1. The smallest absolute Gasteiger partial charge is 0.254 e. The van der Waals surface area contributed by atoms with Gasteiger partial charge in [-0.05, 0) is 25.7 Å². The molecular formula is C11H17ClN2O3S2. The number of rotatable bonds is 4. The van der Waals surface area contributed by atoms with E-state index in [4.69, 9.17) is 16.3 Å². The topological polar surface area (TPSA) is 59.5 Å². The minimum absolute atomic E-state index is 0.260. The van der Waals surface area contributed by atoms with E-state index in [0.29, 0.717) is 25.4 Å². The minimum atomic E-state index is -3.47. The predicted octanol–water partition coefficient (Wildman–Crippen LogP) is 2.15. The van der Waals surface area contributed by atoms with Crippen LogP contribution >= 0.6 is 22.9 Å². The molecule has 1 aromatic heterocycles. The van der Waals surface area contributed by atoms with Crippen LogP contribution in [-0.4, -0.2) is 44.5 Å². The Kier molecular flexibility index (Phi) is 4.84. The van der Waals surface area contributed by atoms with Gasteiger partial charge >= 0.3 is 0 Å². The van der Waals surface area contributed by atoms with Crippen molar-refractivity contribution in [3.8, 4) is 0 Å². The molecule has 1 aliphatic rings. The van der Waals surface area contributed by atoms with Crippen molar-refractivity contribution in [1.82, 2.24) is 9.29 Å². The summed E-state index contributed by atoms with van der Waals surface area (Å²) in [6, 6.07) is 0. The summed E-state index contributed by atoms with van der Waals surface area (Å²) in [6.45, 7) is 3.32. The maximum absolute atomic E-state index is 12.6. The molecule has 1 atom stereocenters. The standard InChI is InChI=1S/C11H17ClN2O3S2/c1-8-10(18-11(12)13-8)19(15,16)14-5-3-4-9(6-14)7-17-2/h9H,3-7H2,1-2H3. The molecule has 108 valence electrons. The highest BCUT2D eigenvalue weighted by atomic mass is 35.5. The monoisotopic (exact) mass is 324 g/mol. The number of hydrogen-bond acceptors (Lipinski definition) is 5. The Labute approximate surface area is 122 Å².